The van der Waals surface area contributed by atoms with Crippen LogP contribution in [0.2, 0.25) is 0 Å². The number of rotatable bonds is 4. The lowest BCUT2D eigenvalue weighted by atomic mass is 9.97. The van der Waals surface area contributed by atoms with Gasteiger partial charge in [-0.3, -0.25) is 0 Å². The highest BCUT2D eigenvalue weighted by molar-refractivity contribution is 6.09. The van der Waals surface area contributed by atoms with Gasteiger partial charge in [0.05, 0.1) is 5.56 Å². The van der Waals surface area contributed by atoms with E-state index in [1.54, 1.807) is 0 Å². The van der Waals surface area contributed by atoms with Crippen LogP contribution in [0, 0.1) is 12.8 Å². The van der Waals surface area contributed by atoms with E-state index in [1.165, 1.54) is 33.0 Å². The Bertz CT molecular complexity index is 1410. The van der Waals surface area contributed by atoms with E-state index in [0.717, 1.165) is 28.8 Å². The molecular weight excluding hydrogens is 378 g/mol. The second-order valence-corrected chi connectivity index (χ2v) is 8.94. The molecule has 0 N–H and O–H groups in total. The largest absolute Gasteiger partial charge is 0.455 e. The van der Waals surface area contributed by atoms with Crippen LogP contribution in [0.3, 0.4) is 0 Å². The van der Waals surface area contributed by atoms with Crippen LogP contribution >= 0.6 is 0 Å². The predicted molar refractivity (Wildman–Crippen MR) is 129 cm³/mol. The first-order chi connectivity index (χ1) is 15.0. The van der Waals surface area contributed by atoms with E-state index in [9.17, 15) is 0 Å². The standard InChI is InChI=1S/C29H28NO/c1-19(2)16-21-8-7-9-22(17-21)23-13-15-26(30(4)18-23)28-20(3)12-14-25-24-10-5-6-11-27(24)31-29(25)28/h5-15,17-19H,16H2,1-4H3/q+1. The molecule has 0 unspecified atom stereocenters. The summed E-state index contributed by atoms with van der Waals surface area (Å²) >= 11 is 0. The molecule has 3 aromatic carbocycles. The van der Waals surface area contributed by atoms with E-state index < -0.39 is 0 Å². The fourth-order valence-electron chi connectivity index (χ4n) is 4.59. The highest BCUT2D eigenvalue weighted by Gasteiger charge is 2.21. The molecule has 0 spiro atoms. The van der Waals surface area contributed by atoms with Gasteiger partial charge in [-0.05, 0) is 48.1 Å². The molecule has 0 atom stereocenters. The number of para-hydroxylation sites is 1. The number of hydrogen-bond acceptors (Lipinski definition) is 1. The topological polar surface area (TPSA) is 17.0 Å². The van der Waals surface area contributed by atoms with Crippen LogP contribution in [0.15, 0.2) is 83.4 Å². The Kier molecular flexibility index (Phi) is 4.86. The summed E-state index contributed by atoms with van der Waals surface area (Å²) in [5.74, 6) is 0.654. The Labute approximate surface area is 183 Å². The number of aromatic nitrogens is 1. The summed E-state index contributed by atoms with van der Waals surface area (Å²) < 4.78 is 8.55. The Hall–Kier alpha value is -3.39. The van der Waals surface area contributed by atoms with Crippen molar-refractivity contribution in [1.29, 1.82) is 0 Å². The number of nitrogens with zero attached hydrogens (tertiary/aromatic N) is 1. The summed E-state index contributed by atoms with van der Waals surface area (Å²) in [6.07, 6.45) is 3.33. The molecule has 2 nitrogen and oxygen atoms in total. The van der Waals surface area contributed by atoms with Crippen molar-refractivity contribution >= 4 is 21.9 Å². The van der Waals surface area contributed by atoms with Gasteiger partial charge in [0.25, 0.3) is 0 Å². The van der Waals surface area contributed by atoms with Crippen molar-refractivity contribution in [2.75, 3.05) is 0 Å². The first-order valence-corrected chi connectivity index (χ1v) is 11.0. The van der Waals surface area contributed by atoms with E-state index >= 15 is 0 Å². The monoisotopic (exact) mass is 406 g/mol. The molecule has 0 saturated heterocycles. The summed E-state index contributed by atoms with van der Waals surface area (Å²) in [4.78, 5) is 0. The maximum absolute atomic E-state index is 6.33. The summed E-state index contributed by atoms with van der Waals surface area (Å²) in [5, 5.41) is 2.33. The minimum Gasteiger partial charge on any atom is -0.455 e. The van der Waals surface area contributed by atoms with Crippen LogP contribution in [-0.2, 0) is 13.5 Å². The van der Waals surface area contributed by atoms with E-state index in [-0.39, 0.29) is 0 Å². The Balaban J connectivity index is 1.63. The van der Waals surface area contributed by atoms with Gasteiger partial charge in [0.2, 0.25) is 5.69 Å². The third kappa shape index (κ3) is 3.53. The molecule has 5 rings (SSSR count). The van der Waals surface area contributed by atoms with Crippen LogP contribution in [0.25, 0.3) is 44.3 Å². The molecule has 5 aromatic rings. The van der Waals surface area contributed by atoms with Crippen molar-refractivity contribution < 1.29 is 8.98 Å². The van der Waals surface area contributed by atoms with Crippen LogP contribution < -0.4 is 4.57 Å². The number of furan rings is 1. The molecule has 0 amide bonds. The molecule has 0 fully saturated rings. The van der Waals surface area contributed by atoms with Crippen molar-refractivity contribution in [3.8, 4) is 22.4 Å². The molecule has 2 aromatic heterocycles. The van der Waals surface area contributed by atoms with Gasteiger partial charge in [-0.1, -0.05) is 68.4 Å². The van der Waals surface area contributed by atoms with E-state index in [4.69, 9.17) is 4.42 Å². The highest BCUT2D eigenvalue weighted by Crippen LogP contribution is 2.37. The fourth-order valence-corrected chi connectivity index (χ4v) is 4.59. The molecule has 0 aliphatic rings. The van der Waals surface area contributed by atoms with Crippen LogP contribution in [0.1, 0.15) is 25.0 Å². The molecule has 0 aliphatic heterocycles. The number of benzene rings is 3. The van der Waals surface area contributed by atoms with Gasteiger partial charge in [-0.25, -0.2) is 4.57 Å². The van der Waals surface area contributed by atoms with Gasteiger partial charge in [-0.15, -0.1) is 0 Å². The molecule has 0 saturated carbocycles. The predicted octanol–water partition coefficient (Wildman–Crippen LogP) is 7.25. The second-order valence-electron chi connectivity index (χ2n) is 8.94. The Morgan fingerprint density at radius 3 is 2.48 bits per heavy atom. The van der Waals surface area contributed by atoms with E-state index in [2.05, 4.69) is 99.2 Å². The zero-order valence-corrected chi connectivity index (χ0v) is 18.6. The molecule has 2 heterocycles. The molecule has 0 aliphatic carbocycles. The molecular formula is C29H28NO+. The maximum atomic E-state index is 6.33. The SMILES string of the molecule is Cc1ccc2c(oc3ccccc32)c1-c1ccc(-c2cccc(CC(C)C)c2)c[n+]1C. The Morgan fingerprint density at radius 1 is 0.839 bits per heavy atom. The number of aryl methyl sites for hydroxylation is 2. The van der Waals surface area contributed by atoms with Crippen molar-refractivity contribution in [3.63, 3.8) is 0 Å². The lowest BCUT2D eigenvalue weighted by Crippen LogP contribution is -2.31. The lowest BCUT2D eigenvalue weighted by molar-refractivity contribution is -0.659. The van der Waals surface area contributed by atoms with Gasteiger partial charge in [-0.2, -0.15) is 0 Å². The first kappa shape index (κ1) is 19.6. The van der Waals surface area contributed by atoms with Crippen molar-refractivity contribution in [2.45, 2.75) is 27.2 Å². The van der Waals surface area contributed by atoms with Crippen LogP contribution in [0.5, 0.6) is 0 Å². The Morgan fingerprint density at radius 2 is 1.68 bits per heavy atom. The fraction of sp³-hybridized carbons (Fsp3) is 0.207. The average Bonchev–Trinajstić information content (AvgIpc) is 3.12. The smallest absolute Gasteiger partial charge is 0.216 e. The van der Waals surface area contributed by atoms with Crippen molar-refractivity contribution in [2.24, 2.45) is 13.0 Å². The molecule has 31 heavy (non-hydrogen) atoms. The van der Waals surface area contributed by atoms with Gasteiger partial charge in [0.1, 0.15) is 18.2 Å². The first-order valence-electron chi connectivity index (χ1n) is 11.0. The average molecular weight is 407 g/mol. The highest BCUT2D eigenvalue weighted by atomic mass is 16.3. The minimum atomic E-state index is 0.654. The summed E-state index contributed by atoms with van der Waals surface area (Å²) in [7, 11) is 2.12. The minimum absolute atomic E-state index is 0.654. The van der Waals surface area contributed by atoms with E-state index in [1.807, 2.05) is 12.1 Å². The third-order valence-corrected chi connectivity index (χ3v) is 6.05. The summed E-state index contributed by atoms with van der Waals surface area (Å²) in [5.41, 5.74) is 9.32. The number of hydrogen-bond donors (Lipinski definition) is 0. The van der Waals surface area contributed by atoms with E-state index in [0.29, 0.717) is 5.92 Å². The quantitative estimate of drug-likeness (QED) is 0.287. The molecule has 0 bridgehead atoms. The van der Waals surface area contributed by atoms with Gasteiger partial charge < -0.3 is 4.42 Å². The molecule has 154 valence electrons. The normalized spacial score (nSPS) is 11.6. The van der Waals surface area contributed by atoms with Gasteiger partial charge >= 0.3 is 0 Å². The number of pyridine rings is 1. The van der Waals surface area contributed by atoms with Gasteiger partial charge in [0, 0.05) is 22.4 Å². The maximum Gasteiger partial charge on any atom is 0.216 e. The van der Waals surface area contributed by atoms with Crippen molar-refractivity contribution in [1.82, 2.24) is 0 Å². The van der Waals surface area contributed by atoms with Gasteiger partial charge in [0.15, 0.2) is 6.20 Å². The molecule has 2 heteroatoms. The molecule has 0 radical (unpaired) electrons. The van der Waals surface area contributed by atoms with Crippen LogP contribution in [0.4, 0.5) is 0 Å². The summed E-state index contributed by atoms with van der Waals surface area (Å²) in [6.45, 7) is 6.69. The summed E-state index contributed by atoms with van der Waals surface area (Å²) in [6, 6.07) is 26.0. The zero-order valence-electron chi connectivity index (χ0n) is 18.6. The lowest BCUT2D eigenvalue weighted by Gasteiger charge is -2.09. The second kappa shape index (κ2) is 7.70. The van der Waals surface area contributed by atoms with Crippen LogP contribution in [-0.4, -0.2) is 0 Å². The number of fused-ring (bicyclic) bond motifs is 3. The van der Waals surface area contributed by atoms with Crippen molar-refractivity contribution in [3.05, 3.63) is 90.1 Å². The zero-order chi connectivity index (χ0) is 21.5. The third-order valence-electron chi connectivity index (χ3n) is 6.05.